The Balaban J connectivity index is 2.87. The van der Waals surface area contributed by atoms with E-state index in [2.05, 4.69) is 4.98 Å². The van der Waals surface area contributed by atoms with Crippen molar-refractivity contribution in [3.63, 3.8) is 0 Å². The SMILES string of the molecule is CCCCOc1cc(Cl)c([N+](=O)[O-])c(N)n1. The third-order valence-corrected chi connectivity index (χ3v) is 2.17. The quantitative estimate of drug-likeness (QED) is 0.489. The molecule has 1 heterocycles. The molecule has 0 aromatic carbocycles. The summed E-state index contributed by atoms with van der Waals surface area (Å²) in [5, 5.41) is 10.5. The van der Waals surface area contributed by atoms with Crippen molar-refractivity contribution >= 4 is 23.1 Å². The van der Waals surface area contributed by atoms with Gasteiger partial charge < -0.3 is 10.5 Å². The number of rotatable bonds is 5. The minimum absolute atomic E-state index is 0.0657. The highest BCUT2D eigenvalue weighted by Crippen LogP contribution is 2.32. The van der Waals surface area contributed by atoms with Gasteiger partial charge in [0.2, 0.25) is 11.7 Å². The molecule has 0 aliphatic carbocycles. The fourth-order valence-corrected chi connectivity index (χ4v) is 1.34. The van der Waals surface area contributed by atoms with Crippen LogP contribution in [0.3, 0.4) is 0 Å². The summed E-state index contributed by atoms with van der Waals surface area (Å²) in [6, 6.07) is 1.30. The highest BCUT2D eigenvalue weighted by Gasteiger charge is 2.20. The van der Waals surface area contributed by atoms with E-state index in [0.717, 1.165) is 12.8 Å². The van der Waals surface area contributed by atoms with Crippen LogP contribution in [-0.2, 0) is 0 Å². The Morgan fingerprint density at radius 2 is 2.38 bits per heavy atom. The highest BCUT2D eigenvalue weighted by atomic mass is 35.5. The van der Waals surface area contributed by atoms with Crippen molar-refractivity contribution in [2.75, 3.05) is 12.3 Å². The molecule has 6 nitrogen and oxygen atoms in total. The van der Waals surface area contributed by atoms with Crippen molar-refractivity contribution < 1.29 is 9.66 Å². The van der Waals surface area contributed by atoms with Crippen LogP contribution in [0.5, 0.6) is 5.88 Å². The number of nitrogens with two attached hydrogens (primary N) is 1. The standard InChI is InChI=1S/C9H12ClN3O3/c1-2-3-4-16-7-5-6(10)8(13(14)15)9(11)12-7/h5H,2-4H2,1H3,(H2,11,12). The number of halogens is 1. The lowest BCUT2D eigenvalue weighted by molar-refractivity contribution is -0.384. The first kappa shape index (κ1) is 12.5. The van der Waals surface area contributed by atoms with Crippen LogP contribution in [0.25, 0.3) is 0 Å². The predicted octanol–water partition coefficient (Wildman–Crippen LogP) is 2.40. The molecule has 1 rings (SSSR count). The van der Waals surface area contributed by atoms with Gasteiger partial charge in [-0.2, -0.15) is 4.98 Å². The molecule has 0 fully saturated rings. The average molecular weight is 246 g/mol. The van der Waals surface area contributed by atoms with E-state index in [9.17, 15) is 10.1 Å². The van der Waals surface area contributed by atoms with Crippen LogP contribution < -0.4 is 10.5 Å². The summed E-state index contributed by atoms with van der Waals surface area (Å²) in [6.45, 7) is 2.51. The first-order valence-corrected chi connectivity index (χ1v) is 5.17. The minimum atomic E-state index is -0.666. The summed E-state index contributed by atoms with van der Waals surface area (Å²) < 4.78 is 5.24. The Labute approximate surface area is 97.5 Å². The number of unbranched alkanes of at least 4 members (excludes halogenated alkanes) is 1. The van der Waals surface area contributed by atoms with Crippen LogP contribution in [0.4, 0.5) is 11.5 Å². The van der Waals surface area contributed by atoms with E-state index in [1.165, 1.54) is 6.07 Å². The van der Waals surface area contributed by atoms with Gasteiger partial charge in [0.05, 0.1) is 11.5 Å². The molecule has 0 unspecified atom stereocenters. The smallest absolute Gasteiger partial charge is 0.329 e. The normalized spacial score (nSPS) is 10.1. The summed E-state index contributed by atoms with van der Waals surface area (Å²) in [7, 11) is 0. The number of hydrogen-bond donors (Lipinski definition) is 1. The Morgan fingerprint density at radius 1 is 1.69 bits per heavy atom. The van der Waals surface area contributed by atoms with E-state index < -0.39 is 4.92 Å². The summed E-state index contributed by atoms with van der Waals surface area (Å²) >= 11 is 5.70. The zero-order valence-electron chi connectivity index (χ0n) is 8.77. The molecule has 0 aliphatic heterocycles. The molecule has 88 valence electrons. The zero-order valence-corrected chi connectivity index (χ0v) is 9.53. The van der Waals surface area contributed by atoms with Crippen LogP contribution in [0, 0.1) is 10.1 Å². The maximum absolute atomic E-state index is 10.6. The summed E-state index contributed by atoms with van der Waals surface area (Å²) in [5.74, 6) is -0.0226. The average Bonchev–Trinajstić information content (AvgIpc) is 2.16. The highest BCUT2D eigenvalue weighted by molar-refractivity contribution is 6.33. The van der Waals surface area contributed by atoms with Gasteiger partial charge in [-0.3, -0.25) is 10.1 Å². The van der Waals surface area contributed by atoms with Crippen molar-refractivity contribution in [1.29, 1.82) is 0 Å². The Morgan fingerprint density at radius 3 is 2.88 bits per heavy atom. The topological polar surface area (TPSA) is 91.3 Å². The second kappa shape index (κ2) is 5.50. The van der Waals surface area contributed by atoms with E-state index in [1.54, 1.807) is 0 Å². The van der Waals surface area contributed by atoms with Gasteiger partial charge in [-0.05, 0) is 6.42 Å². The maximum atomic E-state index is 10.6. The molecule has 1 aromatic rings. The van der Waals surface area contributed by atoms with Crippen molar-refractivity contribution in [2.45, 2.75) is 19.8 Å². The second-order valence-corrected chi connectivity index (χ2v) is 3.54. The number of aromatic nitrogens is 1. The molecule has 16 heavy (non-hydrogen) atoms. The van der Waals surface area contributed by atoms with Gasteiger partial charge in [-0.1, -0.05) is 24.9 Å². The molecule has 1 aromatic heterocycles. The summed E-state index contributed by atoms with van der Waals surface area (Å²) in [4.78, 5) is 13.7. The second-order valence-electron chi connectivity index (χ2n) is 3.14. The predicted molar refractivity (Wildman–Crippen MR) is 60.7 cm³/mol. The third-order valence-electron chi connectivity index (χ3n) is 1.88. The largest absolute Gasteiger partial charge is 0.478 e. The first-order chi connectivity index (χ1) is 7.56. The Kier molecular flexibility index (Phi) is 4.30. The van der Waals surface area contributed by atoms with E-state index in [-0.39, 0.29) is 22.4 Å². The lowest BCUT2D eigenvalue weighted by Gasteiger charge is -2.06. The van der Waals surface area contributed by atoms with Crippen molar-refractivity contribution in [1.82, 2.24) is 4.98 Å². The number of nitrogens with zero attached hydrogens (tertiary/aromatic N) is 2. The Hall–Kier alpha value is -1.56. The van der Waals surface area contributed by atoms with Gasteiger partial charge in [-0.25, -0.2) is 0 Å². The molecular weight excluding hydrogens is 234 g/mol. The number of ether oxygens (including phenoxy) is 1. The van der Waals surface area contributed by atoms with Gasteiger partial charge >= 0.3 is 5.69 Å². The molecule has 0 amide bonds. The zero-order chi connectivity index (χ0) is 12.1. The summed E-state index contributed by atoms with van der Waals surface area (Å²) in [6.07, 6.45) is 1.85. The van der Waals surface area contributed by atoms with Crippen molar-refractivity contribution in [3.8, 4) is 5.88 Å². The molecule has 0 aliphatic rings. The molecule has 0 saturated carbocycles. The number of nitrogen functional groups attached to an aromatic ring is 1. The van der Waals surface area contributed by atoms with Gasteiger partial charge in [-0.15, -0.1) is 0 Å². The number of hydrogen-bond acceptors (Lipinski definition) is 5. The lowest BCUT2D eigenvalue weighted by Crippen LogP contribution is -2.03. The maximum Gasteiger partial charge on any atom is 0.329 e. The lowest BCUT2D eigenvalue weighted by atomic mass is 10.3. The molecule has 0 atom stereocenters. The van der Waals surface area contributed by atoms with Crippen molar-refractivity contribution in [2.24, 2.45) is 0 Å². The fraction of sp³-hybridized carbons (Fsp3) is 0.444. The molecule has 0 spiro atoms. The molecule has 0 radical (unpaired) electrons. The van der Waals surface area contributed by atoms with Gasteiger partial charge in [0.15, 0.2) is 0 Å². The van der Waals surface area contributed by atoms with Gasteiger partial charge in [0.1, 0.15) is 5.02 Å². The molecule has 2 N–H and O–H groups in total. The van der Waals surface area contributed by atoms with Crippen LogP contribution in [0.2, 0.25) is 5.02 Å². The summed E-state index contributed by atoms with van der Waals surface area (Å²) in [5.41, 5.74) is 5.03. The molecule has 0 saturated heterocycles. The monoisotopic (exact) mass is 245 g/mol. The van der Waals surface area contributed by atoms with Crippen molar-refractivity contribution in [3.05, 3.63) is 21.2 Å². The van der Waals surface area contributed by atoms with Crippen LogP contribution in [-0.4, -0.2) is 16.5 Å². The number of pyridine rings is 1. The van der Waals surface area contributed by atoms with Gasteiger partial charge in [0.25, 0.3) is 0 Å². The number of nitro groups is 1. The van der Waals surface area contributed by atoms with Gasteiger partial charge in [0, 0.05) is 6.07 Å². The fourth-order valence-electron chi connectivity index (χ4n) is 1.08. The van der Waals surface area contributed by atoms with E-state index in [0.29, 0.717) is 6.61 Å². The Bertz CT molecular complexity index is 375. The van der Waals surface area contributed by atoms with E-state index in [1.807, 2.05) is 6.92 Å². The molecular formula is C9H12ClN3O3. The molecule has 7 heteroatoms. The third kappa shape index (κ3) is 2.96. The van der Waals surface area contributed by atoms with E-state index >= 15 is 0 Å². The minimum Gasteiger partial charge on any atom is -0.478 e. The van der Waals surface area contributed by atoms with E-state index in [4.69, 9.17) is 22.1 Å². The van der Waals surface area contributed by atoms with Crippen LogP contribution in [0.15, 0.2) is 6.07 Å². The van der Waals surface area contributed by atoms with Crippen LogP contribution >= 0.6 is 11.6 Å². The first-order valence-electron chi connectivity index (χ1n) is 4.79. The molecule has 0 bridgehead atoms. The number of anilines is 1. The van der Waals surface area contributed by atoms with Crippen LogP contribution in [0.1, 0.15) is 19.8 Å².